The molecule has 2 nitrogen and oxygen atoms in total. The van der Waals surface area contributed by atoms with Crippen molar-refractivity contribution in [2.24, 2.45) is 0 Å². The summed E-state index contributed by atoms with van der Waals surface area (Å²) in [4.78, 5) is 7.36. The lowest BCUT2D eigenvalue weighted by molar-refractivity contribution is 1.15. The van der Waals surface area contributed by atoms with Gasteiger partial charge >= 0.3 is 0 Å². The van der Waals surface area contributed by atoms with Crippen molar-refractivity contribution in [1.82, 2.24) is 9.97 Å². The molecule has 0 aliphatic rings. The van der Waals surface area contributed by atoms with Gasteiger partial charge in [-0.1, -0.05) is 5.92 Å². The predicted octanol–water partition coefficient (Wildman–Crippen LogP) is 1.11. The van der Waals surface area contributed by atoms with Gasteiger partial charge < -0.3 is 0 Å². The minimum absolute atomic E-state index is 0.186. The summed E-state index contributed by atoms with van der Waals surface area (Å²) in [6, 6.07) is 1.62. The van der Waals surface area contributed by atoms with Crippen LogP contribution in [0.5, 0.6) is 0 Å². The smallest absolute Gasteiger partial charge is 0.223 e. The molecule has 0 spiro atoms. The summed E-state index contributed by atoms with van der Waals surface area (Å²) in [6.45, 7) is 0. The van der Waals surface area contributed by atoms with Crippen molar-refractivity contribution < 1.29 is 0 Å². The molecule has 9 heavy (non-hydrogen) atoms. The Balaban J connectivity index is 3.12. The molecule has 0 saturated heterocycles. The van der Waals surface area contributed by atoms with Crippen molar-refractivity contribution in [3.8, 4) is 12.3 Å². The van der Waals surface area contributed by atoms with Crippen LogP contribution in [0.1, 0.15) is 5.69 Å². The Morgan fingerprint density at radius 1 is 1.67 bits per heavy atom. The highest BCUT2D eigenvalue weighted by atomic mass is 35.5. The van der Waals surface area contributed by atoms with Crippen molar-refractivity contribution in [1.29, 1.82) is 0 Å². The quantitative estimate of drug-likeness (QED) is 0.397. The van der Waals surface area contributed by atoms with Crippen LogP contribution < -0.4 is 0 Å². The van der Waals surface area contributed by atoms with E-state index < -0.39 is 0 Å². The summed E-state index contributed by atoms with van der Waals surface area (Å²) in [5, 5.41) is 0.186. The molecule has 0 fully saturated rings. The zero-order valence-electron chi connectivity index (χ0n) is 4.50. The monoisotopic (exact) mass is 138 g/mol. The van der Waals surface area contributed by atoms with Crippen molar-refractivity contribution in [2.45, 2.75) is 0 Å². The second-order valence-corrected chi connectivity index (χ2v) is 1.69. The number of hydrogen-bond donors (Lipinski definition) is 0. The number of nitrogens with zero attached hydrogens (tertiary/aromatic N) is 2. The van der Waals surface area contributed by atoms with Gasteiger partial charge in [-0.25, -0.2) is 9.97 Å². The summed E-state index contributed by atoms with van der Waals surface area (Å²) in [5.74, 6) is 2.33. The first-order valence-corrected chi connectivity index (χ1v) is 2.66. The maximum atomic E-state index is 5.41. The third-order valence-corrected chi connectivity index (χ3v) is 0.956. The minimum atomic E-state index is 0.186. The number of rotatable bonds is 0. The highest BCUT2D eigenvalue weighted by molar-refractivity contribution is 6.28. The summed E-state index contributed by atoms with van der Waals surface area (Å²) in [7, 11) is 0. The van der Waals surface area contributed by atoms with E-state index in [2.05, 4.69) is 15.9 Å². The number of halogens is 1. The van der Waals surface area contributed by atoms with E-state index in [0.717, 1.165) is 0 Å². The van der Waals surface area contributed by atoms with E-state index in [1.807, 2.05) is 0 Å². The Morgan fingerprint density at radius 3 is 2.89 bits per heavy atom. The average molecular weight is 139 g/mol. The SMILES string of the molecule is C#Cc1ccnc(Cl)n1. The Labute approximate surface area is 57.9 Å². The summed E-state index contributed by atoms with van der Waals surface area (Å²) in [5.41, 5.74) is 0.509. The van der Waals surface area contributed by atoms with Gasteiger partial charge in [-0.3, -0.25) is 0 Å². The molecule has 1 heterocycles. The Bertz CT molecular complexity index is 251. The maximum Gasteiger partial charge on any atom is 0.223 e. The summed E-state index contributed by atoms with van der Waals surface area (Å²) < 4.78 is 0. The fraction of sp³-hybridized carbons (Fsp3) is 0. The molecule has 0 unspecified atom stereocenters. The average Bonchev–Trinajstić information content (AvgIpc) is 1.88. The van der Waals surface area contributed by atoms with Gasteiger partial charge in [-0.2, -0.15) is 0 Å². The van der Waals surface area contributed by atoms with E-state index in [4.69, 9.17) is 18.0 Å². The standard InChI is InChI=1S/C6H3ClN2/c1-2-5-3-4-8-6(7)9-5/h1,3-4H. The normalized spacial score (nSPS) is 8.44. The number of hydrogen-bond acceptors (Lipinski definition) is 2. The van der Waals surface area contributed by atoms with Crippen LogP contribution in [-0.2, 0) is 0 Å². The molecule has 0 radical (unpaired) electrons. The van der Waals surface area contributed by atoms with Crippen LogP contribution in [0.15, 0.2) is 12.3 Å². The zero-order valence-corrected chi connectivity index (χ0v) is 5.26. The molecule has 0 aromatic carbocycles. The fourth-order valence-corrected chi connectivity index (χ4v) is 0.563. The van der Waals surface area contributed by atoms with E-state index in [0.29, 0.717) is 5.69 Å². The molecule has 0 aliphatic carbocycles. The molecule has 0 aliphatic heterocycles. The van der Waals surface area contributed by atoms with Crippen molar-refractivity contribution in [3.05, 3.63) is 23.2 Å². The second kappa shape index (κ2) is 2.47. The molecule has 0 amide bonds. The molecule has 1 aromatic rings. The highest BCUT2D eigenvalue weighted by Gasteiger charge is 1.88. The van der Waals surface area contributed by atoms with Crippen LogP contribution in [0, 0.1) is 12.3 Å². The van der Waals surface area contributed by atoms with E-state index >= 15 is 0 Å². The van der Waals surface area contributed by atoms with Crippen molar-refractivity contribution in [3.63, 3.8) is 0 Å². The highest BCUT2D eigenvalue weighted by Crippen LogP contribution is 1.98. The fourth-order valence-electron chi connectivity index (χ4n) is 0.415. The zero-order chi connectivity index (χ0) is 6.69. The number of aromatic nitrogens is 2. The van der Waals surface area contributed by atoms with Gasteiger partial charge in [0, 0.05) is 6.20 Å². The second-order valence-electron chi connectivity index (χ2n) is 1.36. The van der Waals surface area contributed by atoms with Gasteiger partial charge in [0.2, 0.25) is 5.28 Å². The van der Waals surface area contributed by atoms with Crippen molar-refractivity contribution >= 4 is 11.6 Å². The summed E-state index contributed by atoms with van der Waals surface area (Å²) >= 11 is 5.41. The van der Waals surface area contributed by atoms with Gasteiger partial charge in [-0.05, 0) is 17.7 Å². The lowest BCUT2D eigenvalue weighted by atomic mass is 10.4. The minimum Gasteiger partial charge on any atom is -0.226 e. The lowest BCUT2D eigenvalue weighted by Gasteiger charge is -1.86. The van der Waals surface area contributed by atoms with Crippen LogP contribution in [-0.4, -0.2) is 9.97 Å². The largest absolute Gasteiger partial charge is 0.226 e. The predicted molar refractivity (Wildman–Crippen MR) is 35.0 cm³/mol. The Morgan fingerprint density at radius 2 is 2.44 bits per heavy atom. The van der Waals surface area contributed by atoms with Gasteiger partial charge in [0.25, 0.3) is 0 Å². The topological polar surface area (TPSA) is 25.8 Å². The van der Waals surface area contributed by atoms with Gasteiger partial charge in [0.05, 0.1) is 0 Å². The molecule has 3 heteroatoms. The molecule has 0 N–H and O–H groups in total. The van der Waals surface area contributed by atoms with Crippen LogP contribution in [0.4, 0.5) is 0 Å². The lowest BCUT2D eigenvalue weighted by Crippen LogP contribution is -1.83. The van der Waals surface area contributed by atoms with E-state index in [-0.39, 0.29) is 5.28 Å². The van der Waals surface area contributed by atoms with E-state index in [1.165, 1.54) is 6.20 Å². The van der Waals surface area contributed by atoms with Gasteiger partial charge in [0.1, 0.15) is 5.69 Å². The van der Waals surface area contributed by atoms with Gasteiger partial charge in [-0.15, -0.1) is 6.42 Å². The van der Waals surface area contributed by atoms with Crippen LogP contribution in [0.2, 0.25) is 5.28 Å². The van der Waals surface area contributed by atoms with Gasteiger partial charge in [0.15, 0.2) is 0 Å². The molecule has 1 rings (SSSR count). The number of terminal acetylenes is 1. The molecule has 0 atom stereocenters. The molecular weight excluding hydrogens is 136 g/mol. The maximum absolute atomic E-state index is 5.41. The molecular formula is C6H3ClN2. The van der Waals surface area contributed by atoms with Crippen LogP contribution in [0.25, 0.3) is 0 Å². The van der Waals surface area contributed by atoms with Crippen LogP contribution in [0.3, 0.4) is 0 Å². The molecule has 0 saturated carbocycles. The molecule has 1 aromatic heterocycles. The van der Waals surface area contributed by atoms with E-state index in [9.17, 15) is 0 Å². The Hall–Kier alpha value is -1.07. The van der Waals surface area contributed by atoms with Crippen LogP contribution >= 0.6 is 11.6 Å². The first-order valence-electron chi connectivity index (χ1n) is 2.28. The van der Waals surface area contributed by atoms with Crippen molar-refractivity contribution in [2.75, 3.05) is 0 Å². The Kier molecular flexibility index (Phi) is 1.66. The first-order chi connectivity index (χ1) is 4.33. The molecule has 44 valence electrons. The summed E-state index contributed by atoms with van der Waals surface area (Å²) in [6.07, 6.45) is 6.54. The van der Waals surface area contributed by atoms with E-state index in [1.54, 1.807) is 6.07 Å². The molecule has 0 bridgehead atoms. The first kappa shape index (κ1) is 6.06. The third kappa shape index (κ3) is 1.41. The third-order valence-electron chi connectivity index (χ3n) is 0.774.